The molecule has 0 saturated carbocycles. The van der Waals surface area contributed by atoms with Gasteiger partial charge in [-0.1, -0.05) is 30.3 Å². The van der Waals surface area contributed by atoms with Crippen LogP contribution in [0.5, 0.6) is 5.75 Å². The number of H-pyrrole nitrogens is 1. The largest absolute Gasteiger partial charge is 0.497 e. The monoisotopic (exact) mass is 311 g/mol. The molecule has 1 heterocycles. The number of hydrogen-bond donors (Lipinski definition) is 2. The number of hydrogen-bond acceptors (Lipinski definition) is 3. The summed E-state index contributed by atoms with van der Waals surface area (Å²) in [5.74, 6) is 0.829. The summed E-state index contributed by atoms with van der Waals surface area (Å²) >= 11 is 5.43. The zero-order valence-electron chi connectivity index (χ0n) is 12.5. The van der Waals surface area contributed by atoms with E-state index in [-0.39, 0.29) is 0 Å². The molecular formula is C17H17N3OS. The molecule has 0 saturated heterocycles. The Hall–Kier alpha value is -2.53. The number of nitrogens with one attached hydrogen (secondary N) is 2. The quantitative estimate of drug-likeness (QED) is 0.714. The van der Waals surface area contributed by atoms with Crippen LogP contribution in [0.3, 0.4) is 0 Å². The summed E-state index contributed by atoms with van der Waals surface area (Å²) in [5.41, 5.74) is 7.27. The van der Waals surface area contributed by atoms with Crippen molar-refractivity contribution in [3.05, 3.63) is 59.4 Å². The van der Waals surface area contributed by atoms with E-state index in [1.54, 1.807) is 7.11 Å². The van der Waals surface area contributed by atoms with Crippen molar-refractivity contribution in [3.8, 4) is 28.3 Å². The van der Waals surface area contributed by atoms with E-state index < -0.39 is 0 Å². The lowest BCUT2D eigenvalue weighted by atomic mass is 10.0. The molecule has 112 valence electrons. The number of nitrogens with zero attached hydrogens (tertiary/aromatic N) is 1. The van der Waals surface area contributed by atoms with E-state index in [0.29, 0.717) is 4.77 Å². The molecule has 0 fully saturated rings. The highest BCUT2D eigenvalue weighted by Crippen LogP contribution is 2.32. The number of imidazole rings is 1. The van der Waals surface area contributed by atoms with Gasteiger partial charge in [-0.3, -0.25) is 0 Å². The minimum atomic E-state index is 0.632. The fourth-order valence-corrected chi connectivity index (χ4v) is 2.77. The highest BCUT2D eigenvalue weighted by atomic mass is 32.1. The molecule has 0 aliphatic carbocycles. The van der Waals surface area contributed by atoms with Gasteiger partial charge in [0, 0.05) is 18.2 Å². The lowest BCUT2D eigenvalue weighted by Crippen LogP contribution is -2.10. The second kappa shape index (κ2) is 6.07. The third-order valence-corrected chi connectivity index (χ3v) is 3.83. The Labute approximate surface area is 134 Å². The Balaban J connectivity index is 2.22. The summed E-state index contributed by atoms with van der Waals surface area (Å²) in [6.07, 6.45) is 0. The van der Waals surface area contributed by atoms with Gasteiger partial charge in [0.05, 0.1) is 18.5 Å². The highest BCUT2D eigenvalue weighted by Gasteiger charge is 2.15. The molecule has 4 nitrogen and oxygen atoms in total. The predicted octanol–water partition coefficient (Wildman–Crippen LogP) is 4.06. The smallest absolute Gasteiger partial charge is 0.197 e. The van der Waals surface area contributed by atoms with Crippen molar-refractivity contribution in [2.24, 2.45) is 0 Å². The summed E-state index contributed by atoms with van der Waals surface area (Å²) in [4.78, 5) is 3.29. The van der Waals surface area contributed by atoms with E-state index in [0.717, 1.165) is 28.3 Å². The first-order valence-electron chi connectivity index (χ1n) is 6.97. The van der Waals surface area contributed by atoms with E-state index in [1.807, 2.05) is 54.2 Å². The van der Waals surface area contributed by atoms with E-state index >= 15 is 0 Å². The average Bonchev–Trinajstić information content (AvgIpc) is 2.92. The maximum Gasteiger partial charge on any atom is 0.197 e. The van der Waals surface area contributed by atoms with Gasteiger partial charge >= 0.3 is 0 Å². The van der Waals surface area contributed by atoms with Crippen LogP contribution >= 0.6 is 12.2 Å². The van der Waals surface area contributed by atoms with Crippen LogP contribution in [-0.2, 0) is 0 Å². The van der Waals surface area contributed by atoms with Crippen molar-refractivity contribution in [3.63, 3.8) is 0 Å². The lowest BCUT2D eigenvalue weighted by molar-refractivity contribution is 0.415. The number of benzene rings is 2. The number of aromatic amines is 1. The Bertz CT molecular complexity index is 819. The van der Waals surface area contributed by atoms with Crippen LogP contribution in [0.4, 0.5) is 0 Å². The zero-order valence-corrected chi connectivity index (χ0v) is 13.3. The van der Waals surface area contributed by atoms with Crippen LogP contribution < -0.4 is 10.2 Å². The molecule has 5 heteroatoms. The molecule has 1 aromatic heterocycles. The molecule has 0 bridgehead atoms. The van der Waals surface area contributed by atoms with Crippen LogP contribution in [0, 0.1) is 4.77 Å². The molecule has 0 aliphatic rings. The first kappa shape index (κ1) is 14.4. The van der Waals surface area contributed by atoms with Gasteiger partial charge in [-0.25, -0.2) is 4.68 Å². The summed E-state index contributed by atoms with van der Waals surface area (Å²) in [6, 6.07) is 18.1. The summed E-state index contributed by atoms with van der Waals surface area (Å²) in [7, 11) is 3.52. The fraction of sp³-hybridized carbons (Fsp3) is 0.118. The summed E-state index contributed by atoms with van der Waals surface area (Å²) in [6.45, 7) is 0. The molecule has 0 spiro atoms. The zero-order chi connectivity index (χ0) is 15.5. The van der Waals surface area contributed by atoms with Gasteiger partial charge in [-0.15, -0.1) is 0 Å². The number of methoxy groups -OCH3 is 1. The van der Waals surface area contributed by atoms with Crippen molar-refractivity contribution in [2.75, 3.05) is 19.6 Å². The van der Waals surface area contributed by atoms with E-state index in [1.165, 1.54) is 0 Å². The van der Waals surface area contributed by atoms with E-state index in [4.69, 9.17) is 17.0 Å². The van der Waals surface area contributed by atoms with Crippen molar-refractivity contribution in [1.29, 1.82) is 0 Å². The molecule has 0 atom stereocenters. The van der Waals surface area contributed by atoms with Crippen molar-refractivity contribution < 1.29 is 4.74 Å². The highest BCUT2D eigenvalue weighted by molar-refractivity contribution is 7.71. The van der Waals surface area contributed by atoms with Gasteiger partial charge in [0.25, 0.3) is 0 Å². The fourth-order valence-electron chi connectivity index (χ4n) is 2.48. The molecule has 0 aliphatic heterocycles. The molecule has 2 N–H and O–H groups in total. The van der Waals surface area contributed by atoms with Gasteiger partial charge in [0.2, 0.25) is 0 Å². The van der Waals surface area contributed by atoms with Crippen LogP contribution in [0.15, 0.2) is 54.6 Å². The molecule has 3 rings (SSSR count). The van der Waals surface area contributed by atoms with Crippen LogP contribution in [0.2, 0.25) is 0 Å². The van der Waals surface area contributed by atoms with E-state index in [2.05, 4.69) is 22.5 Å². The molecule has 3 aromatic rings. The second-order valence-corrected chi connectivity index (χ2v) is 5.19. The third kappa shape index (κ3) is 2.51. The van der Waals surface area contributed by atoms with Crippen molar-refractivity contribution in [2.45, 2.75) is 0 Å². The summed E-state index contributed by atoms with van der Waals surface area (Å²) in [5, 5.41) is 0. The van der Waals surface area contributed by atoms with Gasteiger partial charge in [-0.2, -0.15) is 0 Å². The molecule has 2 aromatic carbocycles. The van der Waals surface area contributed by atoms with Crippen molar-refractivity contribution in [1.82, 2.24) is 9.66 Å². The first-order valence-corrected chi connectivity index (χ1v) is 7.38. The predicted molar refractivity (Wildman–Crippen MR) is 92.3 cm³/mol. The van der Waals surface area contributed by atoms with Crippen LogP contribution in [-0.4, -0.2) is 23.8 Å². The molecular weight excluding hydrogens is 294 g/mol. The minimum absolute atomic E-state index is 0.632. The lowest BCUT2D eigenvalue weighted by Gasteiger charge is -2.10. The van der Waals surface area contributed by atoms with Gasteiger partial charge in [0.15, 0.2) is 4.77 Å². The Kier molecular flexibility index (Phi) is 3.98. The molecule has 0 radical (unpaired) electrons. The SMILES string of the molecule is CNn1c(-c2ccc(OC)cc2)c(-c2ccccc2)[nH]c1=S. The van der Waals surface area contributed by atoms with Gasteiger partial charge < -0.3 is 15.1 Å². The Morgan fingerprint density at radius 3 is 2.27 bits per heavy atom. The number of ether oxygens (including phenoxy) is 1. The maximum absolute atomic E-state index is 5.43. The van der Waals surface area contributed by atoms with Gasteiger partial charge in [-0.05, 0) is 36.5 Å². The molecule has 22 heavy (non-hydrogen) atoms. The minimum Gasteiger partial charge on any atom is -0.497 e. The normalized spacial score (nSPS) is 10.5. The van der Waals surface area contributed by atoms with Crippen LogP contribution in [0.25, 0.3) is 22.5 Å². The standard InChI is InChI=1S/C17H17N3OS/c1-18-20-16(13-8-10-14(21-2)11-9-13)15(19-17(20)22)12-6-4-3-5-7-12/h3-11,18H,1-2H3,(H,19,22). The Morgan fingerprint density at radius 2 is 1.68 bits per heavy atom. The van der Waals surface area contributed by atoms with Gasteiger partial charge in [0.1, 0.15) is 5.75 Å². The number of rotatable bonds is 4. The second-order valence-electron chi connectivity index (χ2n) is 4.81. The first-order chi connectivity index (χ1) is 10.7. The molecule has 0 unspecified atom stereocenters. The summed E-state index contributed by atoms with van der Waals surface area (Å²) < 4.78 is 7.74. The van der Waals surface area contributed by atoms with Crippen LogP contribution in [0.1, 0.15) is 0 Å². The molecule has 0 amide bonds. The Morgan fingerprint density at radius 1 is 1.00 bits per heavy atom. The van der Waals surface area contributed by atoms with E-state index in [9.17, 15) is 0 Å². The topological polar surface area (TPSA) is 42.0 Å². The average molecular weight is 311 g/mol. The van der Waals surface area contributed by atoms with Crippen molar-refractivity contribution >= 4 is 12.2 Å². The third-order valence-electron chi connectivity index (χ3n) is 3.54. The maximum atomic E-state index is 5.43. The number of aromatic nitrogens is 2.